The normalized spacial score (nSPS) is 12.1. The van der Waals surface area contributed by atoms with Crippen molar-refractivity contribution >= 4 is 27.5 Å². The highest BCUT2D eigenvalue weighted by Crippen LogP contribution is 2.25. The summed E-state index contributed by atoms with van der Waals surface area (Å²) >= 11 is 0. The number of nitrogens with zero attached hydrogens (tertiary/aromatic N) is 2. The Morgan fingerprint density at radius 3 is 2.46 bits per heavy atom. The smallest absolute Gasteiger partial charge is 0.242 e. The molecular weight excluding hydrogens is 490 g/mol. The first-order valence-electron chi connectivity index (χ1n) is 12.7. The zero-order valence-electron chi connectivity index (χ0n) is 22.9. The van der Waals surface area contributed by atoms with Gasteiger partial charge in [0, 0.05) is 26.1 Å². The molecule has 8 nitrogen and oxygen atoms in total. The highest BCUT2D eigenvalue weighted by atomic mass is 32.2. The molecule has 0 aromatic heterocycles. The molecule has 0 spiro atoms. The molecule has 1 N–H and O–H groups in total. The maximum absolute atomic E-state index is 13.4. The predicted molar refractivity (Wildman–Crippen MR) is 148 cm³/mol. The lowest BCUT2D eigenvalue weighted by molar-refractivity contribution is -0.140. The Bertz CT molecular complexity index is 1170. The molecule has 2 aromatic carbocycles. The second-order valence-electron chi connectivity index (χ2n) is 9.42. The highest BCUT2D eigenvalue weighted by Gasteiger charge is 2.27. The maximum atomic E-state index is 13.4. The molecule has 9 heteroatoms. The van der Waals surface area contributed by atoms with Crippen molar-refractivity contribution in [2.75, 3.05) is 30.8 Å². The van der Waals surface area contributed by atoms with Gasteiger partial charge in [0.2, 0.25) is 21.8 Å². The lowest BCUT2D eigenvalue weighted by Crippen LogP contribution is -2.48. The second-order valence-corrected chi connectivity index (χ2v) is 11.3. The summed E-state index contributed by atoms with van der Waals surface area (Å²) in [5, 5.41) is 2.91. The number of hydrogen-bond acceptors (Lipinski definition) is 5. The Morgan fingerprint density at radius 2 is 1.81 bits per heavy atom. The van der Waals surface area contributed by atoms with Crippen molar-refractivity contribution in [3.8, 4) is 5.75 Å². The van der Waals surface area contributed by atoms with Crippen molar-refractivity contribution in [3.05, 3.63) is 59.2 Å². The van der Waals surface area contributed by atoms with Gasteiger partial charge in [0.15, 0.2) is 0 Å². The minimum Gasteiger partial charge on any atom is -0.497 e. The Balaban J connectivity index is 2.20. The predicted octanol–water partition coefficient (Wildman–Crippen LogP) is 4.19. The molecule has 0 aliphatic rings. The molecule has 0 saturated heterocycles. The lowest BCUT2D eigenvalue weighted by atomic mass is 10.1. The largest absolute Gasteiger partial charge is 0.497 e. The van der Waals surface area contributed by atoms with Gasteiger partial charge >= 0.3 is 0 Å². The highest BCUT2D eigenvalue weighted by molar-refractivity contribution is 7.92. The number of hydrogen-bond donors (Lipinski definition) is 1. The van der Waals surface area contributed by atoms with Crippen LogP contribution in [0.4, 0.5) is 5.69 Å². The SMILES string of the molecule is CCCCNC(=O)[C@@H](C)N(Cc1cccc(OC)c1)C(=O)CCCN(c1cc(C)ccc1C)S(C)(=O)=O. The molecule has 37 heavy (non-hydrogen) atoms. The molecule has 0 radical (unpaired) electrons. The number of sulfonamides is 1. The Labute approximate surface area is 222 Å². The summed E-state index contributed by atoms with van der Waals surface area (Å²) < 4.78 is 31.9. The van der Waals surface area contributed by atoms with Gasteiger partial charge in [-0.15, -0.1) is 0 Å². The van der Waals surface area contributed by atoms with Crippen LogP contribution in [-0.4, -0.2) is 57.6 Å². The number of carbonyl (C=O) groups excluding carboxylic acids is 2. The molecule has 2 amide bonds. The van der Waals surface area contributed by atoms with Crippen molar-refractivity contribution < 1.29 is 22.7 Å². The van der Waals surface area contributed by atoms with Gasteiger partial charge in [-0.05, 0) is 68.5 Å². The first-order chi connectivity index (χ1) is 17.5. The number of methoxy groups -OCH3 is 1. The number of benzene rings is 2. The van der Waals surface area contributed by atoms with E-state index in [0.717, 1.165) is 29.5 Å². The maximum Gasteiger partial charge on any atom is 0.242 e. The molecular formula is C28H41N3O5S. The summed E-state index contributed by atoms with van der Waals surface area (Å²) in [5.41, 5.74) is 3.26. The molecule has 0 unspecified atom stereocenters. The van der Waals surface area contributed by atoms with Gasteiger partial charge in [-0.2, -0.15) is 0 Å². The van der Waals surface area contributed by atoms with Crippen molar-refractivity contribution in [2.24, 2.45) is 0 Å². The fourth-order valence-electron chi connectivity index (χ4n) is 4.06. The van der Waals surface area contributed by atoms with E-state index in [1.54, 1.807) is 18.9 Å². The van der Waals surface area contributed by atoms with Crippen molar-refractivity contribution in [2.45, 2.75) is 66.0 Å². The molecule has 0 aliphatic heterocycles. The first kappa shape index (κ1) is 30.2. The van der Waals surface area contributed by atoms with Crippen LogP contribution in [0.1, 0.15) is 56.2 Å². The van der Waals surface area contributed by atoms with Gasteiger partial charge in [-0.25, -0.2) is 8.42 Å². The van der Waals surface area contributed by atoms with E-state index in [1.807, 2.05) is 63.2 Å². The summed E-state index contributed by atoms with van der Waals surface area (Å²) in [6.45, 7) is 8.51. The van der Waals surface area contributed by atoms with E-state index >= 15 is 0 Å². The van der Waals surface area contributed by atoms with E-state index in [-0.39, 0.29) is 31.3 Å². The van der Waals surface area contributed by atoms with Gasteiger partial charge in [0.1, 0.15) is 11.8 Å². The van der Waals surface area contributed by atoms with Crippen LogP contribution >= 0.6 is 0 Å². The van der Waals surface area contributed by atoms with E-state index in [9.17, 15) is 18.0 Å². The summed E-state index contributed by atoms with van der Waals surface area (Å²) in [6.07, 6.45) is 3.42. The van der Waals surface area contributed by atoms with Gasteiger partial charge in [-0.1, -0.05) is 37.6 Å². The van der Waals surface area contributed by atoms with E-state index in [4.69, 9.17) is 4.74 Å². The van der Waals surface area contributed by atoms with Crippen LogP contribution in [0.5, 0.6) is 5.75 Å². The van der Waals surface area contributed by atoms with Crippen LogP contribution in [0.15, 0.2) is 42.5 Å². The minimum atomic E-state index is -3.54. The molecule has 0 bridgehead atoms. The number of nitrogens with one attached hydrogen (secondary N) is 1. The third-order valence-electron chi connectivity index (χ3n) is 6.27. The third kappa shape index (κ3) is 9.07. The van der Waals surface area contributed by atoms with Crippen molar-refractivity contribution in [1.82, 2.24) is 10.2 Å². The monoisotopic (exact) mass is 531 g/mol. The zero-order chi connectivity index (χ0) is 27.6. The van der Waals surface area contributed by atoms with E-state index in [2.05, 4.69) is 5.32 Å². The number of unbranched alkanes of at least 4 members (excludes halogenated alkanes) is 1. The lowest BCUT2D eigenvalue weighted by Gasteiger charge is -2.30. The average molecular weight is 532 g/mol. The van der Waals surface area contributed by atoms with E-state index < -0.39 is 16.1 Å². The van der Waals surface area contributed by atoms with Crippen LogP contribution < -0.4 is 14.4 Å². The molecule has 0 heterocycles. The number of carbonyl (C=O) groups is 2. The average Bonchev–Trinajstić information content (AvgIpc) is 2.85. The van der Waals surface area contributed by atoms with Crippen molar-refractivity contribution in [3.63, 3.8) is 0 Å². The van der Waals surface area contributed by atoms with Gasteiger partial charge in [0.25, 0.3) is 0 Å². The van der Waals surface area contributed by atoms with Crippen molar-refractivity contribution in [1.29, 1.82) is 0 Å². The standard InChI is InChI=1S/C28H41N3O5S/c1-7-8-16-29-28(33)23(4)30(20-24-11-9-12-25(19-24)36-5)27(32)13-10-17-31(37(6,34)35)26-18-21(2)14-15-22(26)3/h9,11-12,14-15,18-19,23H,7-8,10,13,16-17,20H2,1-6H3,(H,29,33)/t23-/m1/s1. The molecule has 2 aromatic rings. The van der Waals surface area contributed by atoms with E-state index in [0.29, 0.717) is 24.4 Å². The van der Waals surface area contributed by atoms with Crippen LogP contribution in [0.3, 0.4) is 0 Å². The molecule has 0 fully saturated rings. The topological polar surface area (TPSA) is 96.0 Å². The summed E-state index contributed by atoms with van der Waals surface area (Å²) in [4.78, 5) is 27.8. The summed E-state index contributed by atoms with van der Waals surface area (Å²) in [6, 6.07) is 12.4. The fraction of sp³-hybridized carbons (Fsp3) is 0.500. The number of aryl methyl sites for hydroxylation is 2. The Hall–Kier alpha value is -3.07. The molecule has 1 atom stereocenters. The van der Waals surface area contributed by atoms with Gasteiger partial charge in [0.05, 0.1) is 19.1 Å². The number of ether oxygens (including phenoxy) is 1. The fourth-order valence-corrected chi connectivity index (χ4v) is 5.07. The third-order valence-corrected chi connectivity index (χ3v) is 7.45. The van der Waals surface area contributed by atoms with Crippen LogP contribution in [0, 0.1) is 13.8 Å². The van der Waals surface area contributed by atoms with Crippen LogP contribution in [0.2, 0.25) is 0 Å². The Morgan fingerprint density at radius 1 is 1.08 bits per heavy atom. The summed E-state index contributed by atoms with van der Waals surface area (Å²) in [5.74, 6) is 0.246. The summed E-state index contributed by atoms with van der Waals surface area (Å²) in [7, 11) is -1.97. The number of anilines is 1. The first-order valence-corrected chi connectivity index (χ1v) is 14.6. The Kier molecular flexibility index (Phi) is 11.4. The van der Waals surface area contributed by atoms with E-state index in [1.165, 1.54) is 10.6 Å². The molecule has 0 aliphatic carbocycles. The van der Waals surface area contributed by atoms with Gasteiger partial charge < -0.3 is 15.0 Å². The zero-order valence-corrected chi connectivity index (χ0v) is 23.7. The van der Waals surface area contributed by atoms with Gasteiger partial charge in [-0.3, -0.25) is 13.9 Å². The molecule has 0 saturated carbocycles. The second kappa shape index (κ2) is 14.0. The minimum absolute atomic E-state index is 0.105. The van der Waals surface area contributed by atoms with Crippen LogP contribution in [-0.2, 0) is 26.2 Å². The molecule has 204 valence electrons. The molecule has 2 rings (SSSR count). The van der Waals surface area contributed by atoms with Crippen LogP contribution in [0.25, 0.3) is 0 Å². The number of amides is 2. The quantitative estimate of drug-likeness (QED) is 0.369. The number of rotatable bonds is 14.